The number of nitro groups is 1. The van der Waals surface area contributed by atoms with Crippen LogP contribution in [-0.2, 0) is 6.54 Å². The van der Waals surface area contributed by atoms with Crippen molar-refractivity contribution in [1.82, 2.24) is 15.2 Å². The molecule has 0 saturated carbocycles. The van der Waals surface area contributed by atoms with E-state index in [9.17, 15) is 15.2 Å². The molecule has 0 aliphatic carbocycles. The third-order valence-corrected chi connectivity index (χ3v) is 3.45. The number of furan rings is 1. The van der Waals surface area contributed by atoms with Crippen molar-refractivity contribution in [3.05, 3.63) is 64.1 Å². The van der Waals surface area contributed by atoms with E-state index in [1.807, 2.05) is 11.0 Å². The van der Waals surface area contributed by atoms with Crippen LogP contribution in [0.15, 0.2) is 57.3 Å². The first-order valence-electron chi connectivity index (χ1n) is 7.43. The van der Waals surface area contributed by atoms with Gasteiger partial charge in [-0.3, -0.25) is 4.90 Å². The van der Waals surface area contributed by atoms with Crippen LogP contribution in [0.5, 0.6) is 5.75 Å². The molecule has 0 spiro atoms. The molecule has 1 saturated heterocycles. The minimum absolute atomic E-state index is 0.0207. The Labute approximate surface area is 142 Å². The summed E-state index contributed by atoms with van der Waals surface area (Å²) >= 11 is 0. The first-order chi connectivity index (χ1) is 12.1. The molecule has 2 N–H and O–H groups in total. The number of guanidine groups is 1. The lowest BCUT2D eigenvalue weighted by Gasteiger charge is -2.33. The molecule has 10 nitrogen and oxygen atoms in total. The maximum absolute atomic E-state index is 10.7. The molecular weight excluding hydrogens is 328 g/mol. The second-order valence-corrected chi connectivity index (χ2v) is 5.25. The van der Waals surface area contributed by atoms with Gasteiger partial charge in [-0.1, -0.05) is 12.1 Å². The number of hydrogen-bond donors (Lipinski definition) is 2. The zero-order valence-corrected chi connectivity index (χ0v) is 13.1. The number of para-hydroxylation sites is 1. The highest BCUT2D eigenvalue weighted by Gasteiger charge is 2.24. The molecule has 3 rings (SSSR count). The normalized spacial score (nSPS) is 17.1. The summed E-state index contributed by atoms with van der Waals surface area (Å²) < 4.78 is 5.31. The summed E-state index contributed by atoms with van der Waals surface area (Å²) in [6.45, 7) is 1.13. The predicted octanol–water partition coefficient (Wildman–Crippen LogP) is 1.19. The van der Waals surface area contributed by atoms with E-state index in [1.54, 1.807) is 30.5 Å². The van der Waals surface area contributed by atoms with Crippen LogP contribution in [0.4, 0.5) is 0 Å². The van der Waals surface area contributed by atoms with Crippen LogP contribution in [0.1, 0.15) is 11.3 Å². The molecule has 1 aromatic carbocycles. The number of hydrazone groups is 2. The number of hydrogen-bond acceptors (Lipinski definition) is 6. The van der Waals surface area contributed by atoms with Crippen molar-refractivity contribution < 1.29 is 14.6 Å². The topological polar surface area (TPSA) is 120 Å². The molecule has 0 unspecified atom stereocenters. The molecule has 130 valence electrons. The fraction of sp³-hybridized carbons (Fsp3) is 0.200. The largest absolute Gasteiger partial charge is 0.507 e. The zero-order valence-electron chi connectivity index (χ0n) is 13.1. The van der Waals surface area contributed by atoms with Gasteiger partial charge in [-0.2, -0.15) is 5.10 Å². The number of nitrogens with one attached hydrogen (secondary N) is 1. The van der Waals surface area contributed by atoms with Crippen molar-refractivity contribution >= 4 is 12.2 Å². The average molecular weight is 344 g/mol. The SMILES string of the molecule is O=[N+]([O-])/N=C1\NCN(Cc2ccco2)CN1/N=C/c1ccccc1O. The highest BCUT2D eigenvalue weighted by Crippen LogP contribution is 2.14. The lowest BCUT2D eigenvalue weighted by molar-refractivity contribution is -0.486. The van der Waals surface area contributed by atoms with Crippen molar-refractivity contribution in [2.45, 2.75) is 6.54 Å². The summed E-state index contributed by atoms with van der Waals surface area (Å²) in [5.74, 6) is 0.852. The van der Waals surface area contributed by atoms with E-state index in [-0.39, 0.29) is 18.4 Å². The molecule has 1 aliphatic heterocycles. The van der Waals surface area contributed by atoms with Crippen molar-refractivity contribution in [1.29, 1.82) is 0 Å². The molecule has 10 heteroatoms. The van der Waals surface area contributed by atoms with Gasteiger partial charge in [0.2, 0.25) is 0 Å². The number of phenolic OH excluding ortho intramolecular Hbond substituents is 1. The fourth-order valence-electron chi connectivity index (χ4n) is 2.29. The predicted molar refractivity (Wildman–Crippen MR) is 89.1 cm³/mol. The van der Waals surface area contributed by atoms with Gasteiger partial charge in [0.05, 0.1) is 32.4 Å². The Morgan fingerprint density at radius 3 is 2.92 bits per heavy atom. The fourth-order valence-corrected chi connectivity index (χ4v) is 2.29. The highest BCUT2D eigenvalue weighted by molar-refractivity contribution is 5.86. The second-order valence-electron chi connectivity index (χ2n) is 5.25. The van der Waals surface area contributed by atoms with Gasteiger partial charge >= 0.3 is 0 Å². The molecule has 1 aromatic heterocycles. The molecule has 25 heavy (non-hydrogen) atoms. The molecule has 2 heterocycles. The zero-order chi connectivity index (χ0) is 17.6. The quantitative estimate of drug-likeness (QED) is 0.475. The summed E-state index contributed by atoms with van der Waals surface area (Å²) in [7, 11) is 0. The van der Waals surface area contributed by atoms with Crippen molar-refractivity contribution in [2.24, 2.45) is 10.2 Å². The summed E-state index contributed by atoms with van der Waals surface area (Å²) in [5.41, 5.74) is 0.492. The van der Waals surface area contributed by atoms with E-state index in [2.05, 4.69) is 15.5 Å². The van der Waals surface area contributed by atoms with Gasteiger partial charge in [-0.15, -0.1) is 0 Å². The van der Waals surface area contributed by atoms with Crippen LogP contribution in [0.2, 0.25) is 0 Å². The molecule has 1 aliphatic rings. The summed E-state index contributed by atoms with van der Waals surface area (Å²) in [6.07, 6.45) is 3.00. The second kappa shape index (κ2) is 7.45. The van der Waals surface area contributed by atoms with Crippen LogP contribution in [0.25, 0.3) is 0 Å². The van der Waals surface area contributed by atoms with Gasteiger partial charge in [0.25, 0.3) is 5.96 Å². The molecule has 0 bridgehead atoms. The van der Waals surface area contributed by atoms with Gasteiger partial charge in [0, 0.05) is 5.56 Å². The minimum atomic E-state index is -0.785. The van der Waals surface area contributed by atoms with Crippen LogP contribution in [0.3, 0.4) is 0 Å². The van der Waals surface area contributed by atoms with E-state index in [0.29, 0.717) is 18.8 Å². The molecular formula is C15H16N6O4. The number of aromatic hydroxyl groups is 1. The van der Waals surface area contributed by atoms with Gasteiger partial charge < -0.3 is 14.8 Å². The Morgan fingerprint density at radius 1 is 1.36 bits per heavy atom. The Hall–Kier alpha value is -3.40. The van der Waals surface area contributed by atoms with Crippen molar-refractivity contribution in [3.8, 4) is 5.75 Å². The van der Waals surface area contributed by atoms with Crippen LogP contribution < -0.4 is 5.32 Å². The van der Waals surface area contributed by atoms with E-state index in [0.717, 1.165) is 5.76 Å². The molecule has 1 fully saturated rings. The van der Waals surface area contributed by atoms with Crippen LogP contribution in [0, 0.1) is 10.1 Å². The van der Waals surface area contributed by atoms with Crippen LogP contribution in [-0.4, -0.2) is 45.6 Å². The molecule has 2 aromatic rings. The van der Waals surface area contributed by atoms with Crippen molar-refractivity contribution in [3.63, 3.8) is 0 Å². The maximum Gasteiger partial charge on any atom is 0.294 e. The van der Waals surface area contributed by atoms with Gasteiger partial charge in [-0.05, 0) is 24.3 Å². The number of rotatable bonds is 5. The Bertz CT molecular complexity index is 789. The smallest absolute Gasteiger partial charge is 0.294 e. The number of nitrogens with zero attached hydrogens (tertiary/aromatic N) is 5. The molecule has 0 amide bonds. The minimum Gasteiger partial charge on any atom is -0.507 e. The molecule has 0 radical (unpaired) electrons. The van der Waals surface area contributed by atoms with Crippen molar-refractivity contribution in [2.75, 3.05) is 13.3 Å². The number of phenols is 1. The summed E-state index contributed by atoms with van der Waals surface area (Å²) in [5, 5.41) is 31.4. The van der Waals surface area contributed by atoms with E-state index >= 15 is 0 Å². The van der Waals surface area contributed by atoms with Gasteiger partial charge in [0.15, 0.2) is 5.03 Å². The Morgan fingerprint density at radius 2 is 2.20 bits per heavy atom. The lowest BCUT2D eigenvalue weighted by Crippen LogP contribution is -2.54. The van der Waals surface area contributed by atoms with E-state index in [4.69, 9.17) is 4.42 Å². The summed E-state index contributed by atoms with van der Waals surface area (Å²) in [4.78, 5) is 12.6. The number of benzene rings is 1. The average Bonchev–Trinajstić information content (AvgIpc) is 3.08. The standard InChI is InChI=1S/C15H16N6O4/c22-14-6-2-1-4-12(14)8-17-20-11-19(9-13-5-3-7-25-13)10-16-15(20)18-21(23)24/h1-8,22H,9-11H2,(H,16,18)/b17-8+. The van der Waals surface area contributed by atoms with Crippen LogP contribution >= 0.6 is 0 Å². The summed E-state index contributed by atoms with van der Waals surface area (Å²) in [6, 6.07) is 10.3. The van der Waals surface area contributed by atoms with E-state index in [1.165, 1.54) is 17.3 Å². The third-order valence-electron chi connectivity index (χ3n) is 3.45. The van der Waals surface area contributed by atoms with Gasteiger partial charge in [0.1, 0.15) is 16.6 Å². The third kappa shape index (κ3) is 4.32. The van der Waals surface area contributed by atoms with E-state index < -0.39 is 5.03 Å². The Balaban J connectivity index is 1.77. The first kappa shape index (κ1) is 16.5. The first-order valence-corrected chi connectivity index (χ1v) is 7.43. The Kier molecular flexibility index (Phi) is 4.90. The molecule has 0 atom stereocenters. The highest BCUT2D eigenvalue weighted by atomic mass is 16.7. The maximum atomic E-state index is 10.7. The van der Waals surface area contributed by atoms with Gasteiger partial charge in [-0.25, -0.2) is 15.1 Å². The lowest BCUT2D eigenvalue weighted by atomic mass is 10.2. The monoisotopic (exact) mass is 344 g/mol.